The number of hydrogen-bond donors (Lipinski definition) is 1. The number of nitrogens with zero attached hydrogens (tertiary/aromatic N) is 1. The van der Waals surface area contributed by atoms with Gasteiger partial charge in [0.25, 0.3) is 11.6 Å². The van der Waals surface area contributed by atoms with E-state index in [1.165, 1.54) is 6.07 Å². The van der Waals surface area contributed by atoms with Crippen molar-refractivity contribution in [2.75, 3.05) is 6.61 Å². The van der Waals surface area contributed by atoms with Crippen LogP contribution in [0.15, 0.2) is 18.2 Å². The van der Waals surface area contributed by atoms with Crippen LogP contribution in [0.3, 0.4) is 0 Å². The molecule has 3 atom stereocenters. The van der Waals surface area contributed by atoms with Gasteiger partial charge in [-0.05, 0) is 24.3 Å². The Bertz CT molecular complexity index is 679. The van der Waals surface area contributed by atoms with Crippen molar-refractivity contribution in [3.05, 3.63) is 38.9 Å². The maximum atomic E-state index is 12.0. The molecule has 0 saturated heterocycles. The Hall–Kier alpha value is -2.15. The quantitative estimate of drug-likeness (QED) is 0.488. The fourth-order valence-electron chi connectivity index (χ4n) is 3.03. The number of hydrogen-bond acceptors (Lipinski definition) is 5. The van der Waals surface area contributed by atoms with Crippen molar-refractivity contribution in [2.45, 2.75) is 39.2 Å². The molecule has 25 heavy (non-hydrogen) atoms. The van der Waals surface area contributed by atoms with Crippen molar-refractivity contribution in [2.24, 2.45) is 11.8 Å². The van der Waals surface area contributed by atoms with Crippen molar-refractivity contribution in [1.29, 1.82) is 0 Å². The number of ether oxygens (including phenoxy) is 1. The van der Waals surface area contributed by atoms with Crippen LogP contribution in [0.4, 0.5) is 5.69 Å². The van der Waals surface area contributed by atoms with Crippen molar-refractivity contribution in [1.82, 2.24) is 5.32 Å². The zero-order valence-electron chi connectivity index (χ0n) is 14.2. The highest BCUT2D eigenvalue weighted by Gasteiger charge is 2.28. The van der Waals surface area contributed by atoms with E-state index in [0.717, 1.165) is 31.4 Å². The maximum Gasteiger partial charge on any atom is 0.340 e. The Kier molecular flexibility index (Phi) is 6.36. The molecule has 0 heterocycles. The number of nitrogens with one attached hydrogen (secondary N) is 1. The third-order valence-corrected chi connectivity index (χ3v) is 5.08. The third kappa shape index (κ3) is 4.92. The average molecular weight is 369 g/mol. The van der Waals surface area contributed by atoms with Crippen molar-refractivity contribution in [3.63, 3.8) is 0 Å². The highest BCUT2D eigenvalue weighted by Crippen LogP contribution is 2.29. The third-order valence-electron chi connectivity index (χ3n) is 4.77. The molecule has 136 valence electrons. The summed E-state index contributed by atoms with van der Waals surface area (Å²) in [6, 6.07) is 3.53. The highest BCUT2D eigenvalue weighted by molar-refractivity contribution is 6.33. The average Bonchev–Trinajstić information content (AvgIpc) is 2.56. The number of carbonyl (C=O) groups is 2. The summed E-state index contributed by atoms with van der Waals surface area (Å²) in [6.07, 6.45) is 3.13. The summed E-state index contributed by atoms with van der Waals surface area (Å²) in [7, 11) is 0. The second-order valence-electron chi connectivity index (χ2n) is 6.44. The number of nitro benzene ring substituents is 1. The second kappa shape index (κ2) is 8.29. The lowest BCUT2D eigenvalue weighted by atomic mass is 9.78. The highest BCUT2D eigenvalue weighted by atomic mass is 35.5. The number of carbonyl (C=O) groups excluding carboxylic acids is 2. The number of esters is 1. The zero-order valence-corrected chi connectivity index (χ0v) is 14.9. The SMILES string of the molecule is C[C@H]1[C@H](C)CCC[C@H]1NC(=O)COC(=O)c1ccc([N+](=O)[O-])cc1Cl. The molecule has 0 spiro atoms. The molecule has 0 aliphatic heterocycles. The van der Waals surface area contributed by atoms with Gasteiger partial charge in [0.2, 0.25) is 0 Å². The van der Waals surface area contributed by atoms with Crippen LogP contribution in [0.25, 0.3) is 0 Å². The lowest BCUT2D eigenvalue weighted by Crippen LogP contribution is -2.45. The van der Waals surface area contributed by atoms with E-state index in [1.54, 1.807) is 0 Å². The number of halogens is 1. The summed E-state index contributed by atoms with van der Waals surface area (Å²) >= 11 is 5.87. The van der Waals surface area contributed by atoms with E-state index in [0.29, 0.717) is 11.8 Å². The van der Waals surface area contributed by atoms with Gasteiger partial charge >= 0.3 is 5.97 Å². The molecule has 1 fully saturated rings. The molecule has 1 aromatic rings. The maximum absolute atomic E-state index is 12.0. The molecule has 1 aromatic carbocycles. The van der Waals surface area contributed by atoms with E-state index in [2.05, 4.69) is 19.2 Å². The van der Waals surface area contributed by atoms with Crippen molar-refractivity contribution in [3.8, 4) is 0 Å². The predicted molar refractivity (Wildman–Crippen MR) is 92.5 cm³/mol. The van der Waals surface area contributed by atoms with Crippen LogP contribution < -0.4 is 5.32 Å². The van der Waals surface area contributed by atoms with Crippen LogP contribution in [-0.4, -0.2) is 29.4 Å². The van der Waals surface area contributed by atoms with Gasteiger partial charge in [-0.2, -0.15) is 0 Å². The summed E-state index contributed by atoms with van der Waals surface area (Å²) in [6.45, 7) is 3.86. The molecule has 1 amide bonds. The first kappa shape index (κ1) is 19.2. The second-order valence-corrected chi connectivity index (χ2v) is 6.85. The first-order chi connectivity index (χ1) is 11.8. The van der Waals surface area contributed by atoms with Crippen molar-refractivity contribution >= 4 is 29.2 Å². The van der Waals surface area contributed by atoms with Gasteiger partial charge in [-0.3, -0.25) is 14.9 Å². The van der Waals surface area contributed by atoms with Gasteiger partial charge in [-0.15, -0.1) is 0 Å². The minimum absolute atomic E-state index is 0.0141. The van der Waals surface area contributed by atoms with Gasteiger partial charge in [-0.1, -0.05) is 38.3 Å². The van der Waals surface area contributed by atoms with Crippen LogP contribution >= 0.6 is 11.6 Å². The number of amides is 1. The smallest absolute Gasteiger partial charge is 0.340 e. The molecule has 2 rings (SSSR count). The lowest BCUT2D eigenvalue weighted by molar-refractivity contribution is -0.384. The minimum atomic E-state index is -0.792. The van der Waals surface area contributed by atoms with E-state index in [4.69, 9.17) is 16.3 Å². The Morgan fingerprint density at radius 1 is 1.36 bits per heavy atom. The van der Waals surface area contributed by atoms with E-state index >= 15 is 0 Å². The summed E-state index contributed by atoms with van der Waals surface area (Å²) in [5.74, 6) is -0.240. The monoisotopic (exact) mass is 368 g/mol. The molecule has 0 radical (unpaired) electrons. The molecule has 1 aliphatic carbocycles. The molecule has 1 N–H and O–H groups in total. The molecule has 0 unspecified atom stereocenters. The van der Waals surface area contributed by atoms with Crippen LogP contribution in [0, 0.1) is 22.0 Å². The number of rotatable bonds is 5. The van der Waals surface area contributed by atoms with Crippen molar-refractivity contribution < 1.29 is 19.2 Å². The van der Waals surface area contributed by atoms with Crippen LogP contribution in [0.5, 0.6) is 0 Å². The fourth-order valence-corrected chi connectivity index (χ4v) is 3.28. The normalized spacial score (nSPS) is 22.9. The largest absolute Gasteiger partial charge is 0.452 e. The molecular weight excluding hydrogens is 348 g/mol. The molecule has 1 saturated carbocycles. The first-order valence-electron chi connectivity index (χ1n) is 8.20. The molecule has 8 heteroatoms. The lowest BCUT2D eigenvalue weighted by Gasteiger charge is -2.34. The fraction of sp³-hybridized carbons (Fsp3) is 0.529. The summed E-state index contributed by atoms with van der Waals surface area (Å²) in [5.41, 5.74) is -0.237. The predicted octanol–water partition coefficient (Wildman–Crippen LogP) is 3.35. The van der Waals surface area contributed by atoms with Crippen LogP contribution in [-0.2, 0) is 9.53 Å². The summed E-state index contributed by atoms with van der Waals surface area (Å²) in [4.78, 5) is 34.1. The Balaban J connectivity index is 1.89. The first-order valence-corrected chi connectivity index (χ1v) is 8.57. The van der Waals surface area contributed by atoms with E-state index in [-0.39, 0.29) is 28.2 Å². The van der Waals surface area contributed by atoms with Gasteiger partial charge in [0.15, 0.2) is 6.61 Å². The van der Waals surface area contributed by atoms with Gasteiger partial charge in [0, 0.05) is 18.2 Å². The van der Waals surface area contributed by atoms with E-state index in [1.807, 2.05) is 0 Å². The van der Waals surface area contributed by atoms with Crippen LogP contribution in [0.1, 0.15) is 43.5 Å². The van der Waals surface area contributed by atoms with E-state index < -0.39 is 17.5 Å². The Labute approximate surface area is 150 Å². The Morgan fingerprint density at radius 2 is 2.08 bits per heavy atom. The molecule has 0 bridgehead atoms. The molecular formula is C17H21ClN2O5. The topological polar surface area (TPSA) is 98.5 Å². The van der Waals surface area contributed by atoms with Gasteiger partial charge < -0.3 is 10.1 Å². The van der Waals surface area contributed by atoms with Gasteiger partial charge in [0.05, 0.1) is 15.5 Å². The number of nitro groups is 1. The standard InChI is InChI=1S/C17H21ClN2O5/c1-10-4-3-5-15(11(10)2)19-16(21)9-25-17(22)13-7-6-12(20(23)24)8-14(13)18/h6-8,10-11,15H,3-5,9H2,1-2H3,(H,19,21)/t10-,11+,15-/m1/s1. The zero-order chi connectivity index (χ0) is 18.6. The minimum Gasteiger partial charge on any atom is -0.452 e. The van der Waals surface area contributed by atoms with Gasteiger partial charge in [0.1, 0.15) is 0 Å². The number of benzene rings is 1. The Morgan fingerprint density at radius 3 is 2.72 bits per heavy atom. The van der Waals surface area contributed by atoms with Crippen LogP contribution in [0.2, 0.25) is 5.02 Å². The van der Waals surface area contributed by atoms with Gasteiger partial charge in [-0.25, -0.2) is 4.79 Å². The molecule has 1 aliphatic rings. The summed E-state index contributed by atoms with van der Waals surface area (Å²) in [5, 5.41) is 13.5. The summed E-state index contributed by atoms with van der Waals surface area (Å²) < 4.78 is 4.97. The van der Waals surface area contributed by atoms with E-state index in [9.17, 15) is 19.7 Å². The number of non-ortho nitro benzene ring substituents is 1. The molecule has 0 aromatic heterocycles. The molecule has 7 nitrogen and oxygen atoms in total.